The minimum absolute atomic E-state index is 0.0201. The molecule has 166 valence electrons. The van der Waals surface area contributed by atoms with Gasteiger partial charge in [0.05, 0.1) is 4.90 Å². The summed E-state index contributed by atoms with van der Waals surface area (Å²) in [5.74, 6) is -0.540. The third-order valence-electron chi connectivity index (χ3n) is 5.24. The summed E-state index contributed by atoms with van der Waals surface area (Å²) >= 11 is 0. The maximum atomic E-state index is 14.7. The van der Waals surface area contributed by atoms with E-state index < -0.39 is 16.8 Å². The second kappa shape index (κ2) is 10.8. The van der Waals surface area contributed by atoms with Crippen LogP contribution in [-0.2, 0) is 28.6 Å². The van der Waals surface area contributed by atoms with Gasteiger partial charge in [0.25, 0.3) is 0 Å². The topological polar surface area (TPSA) is 59.1 Å². The predicted octanol–water partition coefficient (Wildman–Crippen LogP) is 5.77. The summed E-state index contributed by atoms with van der Waals surface area (Å²) < 4.78 is 30.6. The van der Waals surface area contributed by atoms with Gasteiger partial charge in [-0.3, -0.25) is 9.78 Å². The molecule has 4 rings (SSSR count). The van der Waals surface area contributed by atoms with Gasteiger partial charge in [-0.05, 0) is 52.9 Å². The Labute approximate surface area is 195 Å². The standard InChI is InChI=1S/C27H23FN2O2S/c28-26-18-23(14-13-22(26)17-24(31)15-12-20-7-6-16-29-19-20)30-33(32)27-11-5-4-10-25(27)21-8-2-1-3-9-21/h1-11,13-14,16,18-19,30H,12,15,17H2. The molecule has 33 heavy (non-hydrogen) atoms. The van der Waals surface area contributed by atoms with Crippen LogP contribution in [0.4, 0.5) is 10.1 Å². The summed E-state index contributed by atoms with van der Waals surface area (Å²) in [6.07, 6.45) is 4.33. The molecule has 1 unspecified atom stereocenters. The van der Waals surface area contributed by atoms with Gasteiger partial charge in [0, 0.05) is 30.9 Å². The molecule has 0 saturated heterocycles. The average Bonchev–Trinajstić information content (AvgIpc) is 2.85. The molecule has 1 aromatic heterocycles. The van der Waals surface area contributed by atoms with Crippen LogP contribution in [0.2, 0.25) is 0 Å². The van der Waals surface area contributed by atoms with Gasteiger partial charge in [-0.2, -0.15) is 0 Å². The molecule has 1 N–H and O–H groups in total. The number of carbonyl (C=O) groups excluding carboxylic acids is 1. The monoisotopic (exact) mass is 458 g/mol. The van der Waals surface area contributed by atoms with E-state index in [0.29, 0.717) is 29.0 Å². The molecule has 1 atom stereocenters. The first kappa shape index (κ1) is 22.6. The van der Waals surface area contributed by atoms with Crippen LogP contribution in [0.3, 0.4) is 0 Å². The fraction of sp³-hybridized carbons (Fsp3) is 0.111. The number of nitrogens with zero attached hydrogens (tertiary/aromatic N) is 1. The molecule has 0 bridgehead atoms. The molecule has 0 aliphatic rings. The van der Waals surface area contributed by atoms with Crippen LogP contribution in [0.5, 0.6) is 0 Å². The number of rotatable bonds is 9. The summed E-state index contributed by atoms with van der Waals surface area (Å²) in [5, 5.41) is 0. The van der Waals surface area contributed by atoms with Crippen molar-refractivity contribution in [1.29, 1.82) is 0 Å². The summed E-state index contributed by atoms with van der Waals surface area (Å²) in [6.45, 7) is 0. The first-order valence-electron chi connectivity index (χ1n) is 10.6. The Morgan fingerprint density at radius 1 is 0.939 bits per heavy atom. The minimum atomic E-state index is -1.59. The fourth-order valence-electron chi connectivity index (χ4n) is 3.53. The predicted molar refractivity (Wildman–Crippen MR) is 130 cm³/mol. The van der Waals surface area contributed by atoms with Crippen LogP contribution < -0.4 is 4.72 Å². The molecule has 0 saturated carbocycles. The second-order valence-electron chi connectivity index (χ2n) is 7.62. The Bertz CT molecular complexity index is 1260. The van der Waals surface area contributed by atoms with Gasteiger partial charge in [-0.1, -0.05) is 60.7 Å². The number of hydrogen-bond acceptors (Lipinski definition) is 3. The Hall–Kier alpha value is -3.64. The van der Waals surface area contributed by atoms with Crippen LogP contribution in [0.15, 0.2) is 102 Å². The van der Waals surface area contributed by atoms with E-state index in [9.17, 15) is 13.4 Å². The zero-order valence-corrected chi connectivity index (χ0v) is 18.7. The van der Waals surface area contributed by atoms with Gasteiger partial charge in [-0.15, -0.1) is 0 Å². The summed E-state index contributed by atoms with van der Waals surface area (Å²) in [6, 6.07) is 25.3. The van der Waals surface area contributed by atoms with Crippen molar-refractivity contribution in [2.24, 2.45) is 0 Å². The normalized spacial score (nSPS) is 11.7. The van der Waals surface area contributed by atoms with E-state index in [1.807, 2.05) is 60.7 Å². The Kier molecular flexibility index (Phi) is 7.37. The van der Waals surface area contributed by atoms with Gasteiger partial charge in [-0.25, -0.2) is 8.60 Å². The number of hydrogen-bond donors (Lipinski definition) is 1. The fourth-order valence-corrected chi connectivity index (χ4v) is 4.57. The SMILES string of the molecule is O=C(CCc1cccnc1)Cc1ccc(NS(=O)c2ccccc2-c2ccccc2)cc1F. The lowest BCUT2D eigenvalue weighted by Gasteiger charge is -2.12. The third-order valence-corrected chi connectivity index (χ3v) is 6.41. The quantitative estimate of drug-likeness (QED) is 0.347. The highest BCUT2D eigenvalue weighted by Gasteiger charge is 2.14. The Balaban J connectivity index is 1.42. The van der Waals surface area contributed by atoms with Crippen LogP contribution in [-0.4, -0.2) is 15.0 Å². The number of anilines is 1. The van der Waals surface area contributed by atoms with Crippen LogP contribution >= 0.6 is 0 Å². The molecule has 0 spiro atoms. The van der Waals surface area contributed by atoms with Gasteiger partial charge >= 0.3 is 0 Å². The first-order valence-corrected chi connectivity index (χ1v) is 11.8. The molecular formula is C27H23FN2O2S. The summed E-state index contributed by atoms with van der Waals surface area (Å²) in [5.41, 5.74) is 3.49. The average molecular weight is 459 g/mol. The second-order valence-corrected chi connectivity index (χ2v) is 8.80. The maximum absolute atomic E-state index is 14.7. The number of aryl methyl sites for hydroxylation is 1. The molecule has 3 aromatic carbocycles. The highest BCUT2D eigenvalue weighted by molar-refractivity contribution is 7.86. The zero-order chi connectivity index (χ0) is 23.0. The number of nitrogens with one attached hydrogen (secondary N) is 1. The van der Waals surface area contributed by atoms with E-state index in [1.165, 1.54) is 6.07 Å². The number of carbonyl (C=O) groups is 1. The lowest BCUT2D eigenvalue weighted by Crippen LogP contribution is -2.09. The molecule has 0 fully saturated rings. The number of benzene rings is 3. The molecular weight excluding hydrogens is 435 g/mol. The van der Waals surface area contributed by atoms with Gasteiger partial charge in [0.1, 0.15) is 11.6 Å². The number of ketones is 1. The highest BCUT2D eigenvalue weighted by atomic mass is 32.2. The number of pyridine rings is 1. The van der Waals surface area contributed by atoms with Crippen molar-refractivity contribution in [3.05, 3.63) is 114 Å². The Morgan fingerprint density at radius 3 is 2.48 bits per heavy atom. The molecule has 6 heteroatoms. The van der Waals surface area contributed by atoms with E-state index in [0.717, 1.165) is 16.7 Å². The van der Waals surface area contributed by atoms with Crippen molar-refractivity contribution < 1.29 is 13.4 Å². The molecule has 4 nitrogen and oxygen atoms in total. The van der Waals surface area contributed by atoms with Crippen molar-refractivity contribution >= 4 is 22.5 Å². The van der Waals surface area contributed by atoms with E-state index in [4.69, 9.17) is 0 Å². The van der Waals surface area contributed by atoms with Gasteiger partial charge in [0.2, 0.25) is 0 Å². The lowest BCUT2D eigenvalue weighted by molar-refractivity contribution is -0.118. The van der Waals surface area contributed by atoms with Crippen LogP contribution in [0.25, 0.3) is 11.1 Å². The number of halogens is 1. The van der Waals surface area contributed by atoms with Gasteiger partial charge < -0.3 is 4.72 Å². The van der Waals surface area contributed by atoms with E-state index in [2.05, 4.69) is 9.71 Å². The molecule has 0 radical (unpaired) electrons. The van der Waals surface area contributed by atoms with E-state index in [1.54, 1.807) is 30.6 Å². The van der Waals surface area contributed by atoms with Crippen molar-refractivity contribution in [3.8, 4) is 11.1 Å². The molecule has 1 heterocycles. The number of Topliss-reactive ketones (excluding diaryl/α,β-unsaturated/α-hetero) is 1. The van der Waals surface area contributed by atoms with Crippen molar-refractivity contribution in [1.82, 2.24) is 4.98 Å². The summed E-state index contributed by atoms with van der Waals surface area (Å²) in [7, 11) is -1.59. The van der Waals surface area contributed by atoms with Crippen molar-refractivity contribution in [2.75, 3.05) is 4.72 Å². The van der Waals surface area contributed by atoms with E-state index in [-0.39, 0.29) is 12.2 Å². The Morgan fingerprint density at radius 2 is 1.73 bits per heavy atom. The number of aromatic nitrogens is 1. The summed E-state index contributed by atoms with van der Waals surface area (Å²) in [4.78, 5) is 17.0. The smallest absolute Gasteiger partial charge is 0.150 e. The molecule has 0 aliphatic carbocycles. The molecule has 0 aliphatic heterocycles. The molecule has 4 aromatic rings. The highest BCUT2D eigenvalue weighted by Crippen LogP contribution is 2.27. The van der Waals surface area contributed by atoms with E-state index >= 15 is 0 Å². The lowest BCUT2D eigenvalue weighted by atomic mass is 10.0. The van der Waals surface area contributed by atoms with Crippen LogP contribution in [0, 0.1) is 5.82 Å². The third kappa shape index (κ3) is 5.99. The molecule has 0 amide bonds. The first-order chi connectivity index (χ1) is 16.1. The van der Waals surface area contributed by atoms with Crippen LogP contribution in [0.1, 0.15) is 17.5 Å². The largest absolute Gasteiger partial charge is 0.301 e. The zero-order valence-electron chi connectivity index (χ0n) is 17.9. The van der Waals surface area contributed by atoms with Crippen molar-refractivity contribution in [2.45, 2.75) is 24.2 Å². The minimum Gasteiger partial charge on any atom is -0.301 e. The van der Waals surface area contributed by atoms with Crippen molar-refractivity contribution in [3.63, 3.8) is 0 Å². The maximum Gasteiger partial charge on any atom is 0.150 e. The van der Waals surface area contributed by atoms with Gasteiger partial charge in [0.15, 0.2) is 11.0 Å².